The molecule has 0 fully saturated rings. The third-order valence-corrected chi connectivity index (χ3v) is 2.33. The molecule has 0 bridgehead atoms. The molecule has 0 aliphatic carbocycles. The molecule has 0 amide bonds. The van der Waals surface area contributed by atoms with E-state index >= 15 is 0 Å². The average Bonchev–Trinajstić information content (AvgIpc) is 2.12. The molecule has 0 spiro atoms. The largest absolute Gasteiger partial charge is 0.235 e. The van der Waals surface area contributed by atoms with Gasteiger partial charge in [-0.3, -0.25) is 0 Å². The Hall–Kier alpha value is -1.24. The van der Waals surface area contributed by atoms with E-state index in [0.29, 0.717) is 6.54 Å². The van der Waals surface area contributed by atoms with Gasteiger partial charge in [0.25, 0.3) is 0 Å². The Morgan fingerprint density at radius 3 is 2.07 bits per heavy atom. The highest BCUT2D eigenvalue weighted by Gasteiger charge is 2.23. The zero-order valence-electron chi connectivity index (χ0n) is 9.83. The number of nitrogens with zero attached hydrogens (tertiary/aromatic N) is 2. The van der Waals surface area contributed by atoms with E-state index in [1.807, 2.05) is 27.7 Å². The molecule has 4 nitrogen and oxygen atoms in total. The van der Waals surface area contributed by atoms with E-state index in [9.17, 15) is 9.59 Å². The summed E-state index contributed by atoms with van der Waals surface area (Å²) < 4.78 is 0. The smallest absolute Gasteiger partial charge is 0.211 e. The fourth-order valence-corrected chi connectivity index (χ4v) is 1.15. The average molecular weight is 210 g/mol. The first-order valence-corrected chi connectivity index (χ1v) is 4.96. The molecule has 0 aliphatic heterocycles. The SMILES string of the molecule is CC(C)(CCC(C)(C)N=C=O)CN=C=O. The molecule has 0 unspecified atom stereocenters. The van der Waals surface area contributed by atoms with Gasteiger partial charge >= 0.3 is 0 Å². The van der Waals surface area contributed by atoms with Crippen LogP contribution in [0.2, 0.25) is 0 Å². The van der Waals surface area contributed by atoms with Crippen molar-refractivity contribution in [3.63, 3.8) is 0 Å². The van der Waals surface area contributed by atoms with Crippen molar-refractivity contribution in [3.05, 3.63) is 0 Å². The van der Waals surface area contributed by atoms with Crippen molar-refractivity contribution in [3.8, 4) is 0 Å². The molecule has 0 aromatic carbocycles. The minimum Gasteiger partial charge on any atom is -0.211 e. The summed E-state index contributed by atoms with van der Waals surface area (Å²) in [6, 6.07) is 0. The van der Waals surface area contributed by atoms with E-state index in [-0.39, 0.29) is 11.0 Å². The van der Waals surface area contributed by atoms with Crippen molar-refractivity contribution in [1.29, 1.82) is 0 Å². The van der Waals surface area contributed by atoms with Gasteiger partial charge in [-0.25, -0.2) is 14.6 Å². The lowest BCUT2D eigenvalue weighted by atomic mass is 9.83. The van der Waals surface area contributed by atoms with Crippen LogP contribution in [0.3, 0.4) is 0 Å². The molecule has 0 heterocycles. The standard InChI is InChI=1S/C11H18N2O2/c1-10(2,7-12-8-14)5-6-11(3,4)13-9-15/h5-7H2,1-4H3. The maximum atomic E-state index is 10.2. The molecular formula is C11H18N2O2. The first-order valence-electron chi connectivity index (χ1n) is 4.96. The zero-order valence-corrected chi connectivity index (χ0v) is 9.83. The van der Waals surface area contributed by atoms with Crippen LogP contribution in [0.25, 0.3) is 0 Å². The van der Waals surface area contributed by atoms with Gasteiger partial charge in [-0.1, -0.05) is 13.8 Å². The van der Waals surface area contributed by atoms with Crippen molar-refractivity contribution in [1.82, 2.24) is 0 Å². The van der Waals surface area contributed by atoms with Crippen LogP contribution in [0.1, 0.15) is 40.5 Å². The molecule has 0 rings (SSSR count). The van der Waals surface area contributed by atoms with Gasteiger partial charge in [0.1, 0.15) is 0 Å². The second kappa shape index (κ2) is 5.59. The number of hydrogen-bond donors (Lipinski definition) is 0. The molecule has 0 saturated carbocycles. The second-order valence-corrected chi connectivity index (χ2v) is 5.09. The molecule has 15 heavy (non-hydrogen) atoms. The Morgan fingerprint density at radius 2 is 1.60 bits per heavy atom. The van der Waals surface area contributed by atoms with Gasteiger partial charge in [0, 0.05) is 0 Å². The molecule has 0 radical (unpaired) electrons. The monoisotopic (exact) mass is 210 g/mol. The highest BCUT2D eigenvalue weighted by atomic mass is 16.1. The second-order valence-electron chi connectivity index (χ2n) is 5.09. The van der Waals surface area contributed by atoms with E-state index in [1.54, 1.807) is 6.08 Å². The van der Waals surface area contributed by atoms with E-state index in [4.69, 9.17) is 0 Å². The Bertz CT molecular complexity index is 296. The summed E-state index contributed by atoms with van der Waals surface area (Å²) >= 11 is 0. The molecule has 0 aromatic heterocycles. The van der Waals surface area contributed by atoms with E-state index < -0.39 is 0 Å². The van der Waals surface area contributed by atoms with Gasteiger partial charge in [-0.05, 0) is 32.1 Å². The maximum absolute atomic E-state index is 10.2. The van der Waals surface area contributed by atoms with E-state index in [2.05, 4.69) is 9.98 Å². The molecule has 0 N–H and O–H groups in total. The summed E-state index contributed by atoms with van der Waals surface area (Å²) in [6.45, 7) is 8.27. The Morgan fingerprint density at radius 1 is 1.00 bits per heavy atom. The molecule has 4 heteroatoms. The predicted octanol–water partition coefficient (Wildman–Crippen LogP) is 2.24. The summed E-state index contributed by atoms with van der Waals surface area (Å²) in [5.41, 5.74) is -0.447. The molecule has 0 aliphatic rings. The minimum atomic E-state index is -0.385. The summed E-state index contributed by atoms with van der Waals surface area (Å²) in [7, 11) is 0. The predicted molar refractivity (Wildman–Crippen MR) is 58.2 cm³/mol. The topological polar surface area (TPSA) is 58.9 Å². The lowest BCUT2D eigenvalue weighted by molar-refractivity contribution is 0.298. The first kappa shape index (κ1) is 13.8. The molecule has 0 aromatic rings. The van der Waals surface area contributed by atoms with Crippen molar-refractivity contribution >= 4 is 12.2 Å². The molecule has 0 saturated heterocycles. The lowest BCUT2D eigenvalue weighted by Crippen LogP contribution is -2.23. The third kappa shape index (κ3) is 6.78. The van der Waals surface area contributed by atoms with Crippen LogP contribution >= 0.6 is 0 Å². The highest BCUT2D eigenvalue weighted by molar-refractivity contribution is 5.34. The van der Waals surface area contributed by atoms with Crippen molar-refractivity contribution in [2.45, 2.75) is 46.1 Å². The molecule has 0 atom stereocenters. The summed E-state index contributed by atoms with van der Waals surface area (Å²) in [4.78, 5) is 27.5. The number of rotatable bonds is 6. The van der Waals surface area contributed by atoms with Crippen molar-refractivity contribution < 1.29 is 9.59 Å². The zero-order chi connectivity index (χ0) is 11.9. The highest BCUT2D eigenvalue weighted by Crippen LogP contribution is 2.28. The molecule has 84 valence electrons. The number of hydrogen-bond acceptors (Lipinski definition) is 4. The summed E-state index contributed by atoms with van der Waals surface area (Å²) in [6.07, 6.45) is 4.72. The number of isocyanates is 2. The van der Waals surface area contributed by atoms with Crippen LogP contribution in [0.4, 0.5) is 0 Å². The van der Waals surface area contributed by atoms with Gasteiger partial charge in [0.2, 0.25) is 12.2 Å². The van der Waals surface area contributed by atoms with E-state index in [1.165, 1.54) is 6.08 Å². The minimum absolute atomic E-state index is 0.0624. The van der Waals surface area contributed by atoms with Gasteiger partial charge in [-0.2, -0.15) is 4.99 Å². The van der Waals surface area contributed by atoms with Gasteiger partial charge in [-0.15, -0.1) is 0 Å². The third-order valence-electron chi connectivity index (χ3n) is 2.33. The van der Waals surface area contributed by atoms with Gasteiger partial charge < -0.3 is 0 Å². The normalized spacial score (nSPS) is 11.5. The lowest BCUT2D eigenvalue weighted by Gasteiger charge is -2.26. The Balaban J connectivity index is 4.24. The number of carbonyl (C=O) groups excluding carboxylic acids is 2. The first-order chi connectivity index (χ1) is 6.83. The van der Waals surface area contributed by atoms with Crippen LogP contribution < -0.4 is 0 Å². The van der Waals surface area contributed by atoms with Crippen LogP contribution in [0.15, 0.2) is 9.98 Å². The fraction of sp³-hybridized carbons (Fsp3) is 0.818. The van der Waals surface area contributed by atoms with Crippen molar-refractivity contribution in [2.75, 3.05) is 6.54 Å². The van der Waals surface area contributed by atoms with Crippen LogP contribution in [-0.4, -0.2) is 24.2 Å². The Kier molecular flexibility index (Phi) is 5.13. The van der Waals surface area contributed by atoms with Crippen LogP contribution in [-0.2, 0) is 9.59 Å². The number of aliphatic imine (C=N–C) groups is 2. The summed E-state index contributed by atoms with van der Waals surface area (Å²) in [5, 5.41) is 0. The van der Waals surface area contributed by atoms with Gasteiger partial charge in [0.15, 0.2) is 0 Å². The summed E-state index contributed by atoms with van der Waals surface area (Å²) in [5.74, 6) is 0. The molecular weight excluding hydrogens is 192 g/mol. The van der Waals surface area contributed by atoms with Crippen molar-refractivity contribution in [2.24, 2.45) is 15.4 Å². The van der Waals surface area contributed by atoms with Crippen LogP contribution in [0, 0.1) is 5.41 Å². The van der Waals surface area contributed by atoms with Crippen LogP contribution in [0.5, 0.6) is 0 Å². The fourth-order valence-electron chi connectivity index (χ4n) is 1.15. The van der Waals surface area contributed by atoms with E-state index in [0.717, 1.165) is 12.8 Å². The quantitative estimate of drug-likeness (QED) is 0.498. The Labute approximate surface area is 90.5 Å². The maximum Gasteiger partial charge on any atom is 0.235 e. The van der Waals surface area contributed by atoms with Gasteiger partial charge in [0.05, 0.1) is 12.1 Å².